The number of rotatable bonds is 2. The first-order valence-electron chi connectivity index (χ1n) is 6.41. The van der Waals surface area contributed by atoms with Gasteiger partial charge in [-0.1, -0.05) is 12.1 Å². The number of carbonyl (C=O) groups excluding carboxylic acids is 2. The molecule has 0 N–H and O–H groups in total. The van der Waals surface area contributed by atoms with Gasteiger partial charge < -0.3 is 14.4 Å². The highest BCUT2D eigenvalue weighted by atomic mass is 16.6. The van der Waals surface area contributed by atoms with Crippen LogP contribution >= 0.6 is 0 Å². The van der Waals surface area contributed by atoms with Crippen molar-refractivity contribution in [1.29, 1.82) is 0 Å². The zero-order valence-electron chi connectivity index (χ0n) is 10.6. The van der Waals surface area contributed by atoms with Crippen molar-refractivity contribution in [3.63, 3.8) is 0 Å². The number of amides is 1. The second-order valence-corrected chi connectivity index (χ2v) is 4.72. The molecule has 2 aliphatic heterocycles. The third kappa shape index (κ3) is 2.41. The highest BCUT2D eigenvalue weighted by Crippen LogP contribution is 2.34. The lowest BCUT2D eigenvalue weighted by Crippen LogP contribution is -2.38. The van der Waals surface area contributed by atoms with Crippen molar-refractivity contribution < 1.29 is 19.1 Å². The number of nitrogens with zero attached hydrogens (tertiary/aromatic N) is 1. The quantitative estimate of drug-likeness (QED) is 0.749. The third-order valence-electron chi connectivity index (χ3n) is 3.37. The third-order valence-corrected chi connectivity index (χ3v) is 3.37. The number of hydrogen-bond acceptors (Lipinski definition) is 4. The van der Waals surface area contributed by atoms with Crippen molar-refractivity contribution in [1.82, 2.24) is 4.90 Å². The molecule has 5 nitrogen and oxygen atoms in total. The Morgan fingerprint density at radius 2 is 2.00 bits per heavy atom. The van der Waals surface area contributed by atoms with E-state index < -0.39 is 0 Å². The summed E-state index contributed by atoms with van der Waals surface area (Å²) in [6.07, 6.45) is 0.463. The van der Waals surface area contributed by atoms with Crippen LogP contribution in [0.2, 0.25) is 0 Å². The zero-order chi connectivity index (χ0) is 13.2. The molecule has 1 saturated heterocycles. The summed E-state index contributed by atoms with van der Waals surface area (Å²) >= 11 is 0. The molecule has 19 heavy (non-hydrogen) atoms. The number of fused-ring (bicyclic) bond motifs is 1. The van der Waals surface area contributed by atoms with Gasteiger partial charge in [0.15, 0.2) is 11.5 Å². The van der Waals surface area contributed by atoms with E-state index in [2.05, 4.69) is 0 Å². The van der Waals surface area contributed by atoms with Gasteiger partial charge in [-0.15, -0.1) is 0 Å². The average molecular weight is 261 g/mol. The largest absolute Gasteiger partial charge is 0.486 e. The molecule has 0 aromatic heterocycles. The van der Waals surface area contributed by atoms with Crippen LogP contribution in [0.25, 0.3) is 0 Å². The van der Waals surface area contributed by atoms with Crippen LogP contribution in [-0.2, 0) is 16.1 Å². The van der Waals surface area contributed by atoms with Gasteiger partial charge in [-0.3, -0.25) is 9.59 Å². The topological polar surface area (TPSA) is 55.8 Å². The van der Waals surface area contributed by atoms with Crippen molar-refractivity contribution in [2.75, 3.05) is 19.8 Å². The predicted molar refractivity (Wildman–Crippen MR) is 67.1 cm³/mol. The van der Waals surface area contributed by atoms with Gasteiger partial charge in [0.1, 0.15) is 19.0 Å². The summed E-state index contributed by atoms with van der Waals surface area (Å²) in [4.78, 5) is 24.7. The van der Waals surface area contributed by atoms with Crippen LogP contribution in [0.5, 0.6) is 11.5 Å². The number of carbonyl (C=O) groups is 2. The molecule has 2 heterocycles. The molecular weight excluding hydrogens is 246 g/mol. The molecule has 0 radical (unpaired) electrons. The Balaban J connectivity index is 1.80. The second-order valence-electron chi connectivity index (χ2n) is 4.72. The average Bonchev–Trinajstić information content (AvgIpc) is 2.42. The number of likely N-dealkylation sites (tertiary alicyclic amines) is 1. The maximum atomic E-state index is 11.8. The summed E-state index contributed by atoms with van der Waals surface area (Å²) in [5, 5.41) is 0. The van der Waals surface area contributed by atoms with Crippen LogP contribution in [0.4, 0.5) is 0 Å². The Morgan fingerprint density at radius 3 is 2.84 bits per heavy atom. The van der Waals surface area contributed by atoms with Gasteiger partial charge in [0.05, 0.1) is 6.42 Å². The smallest absolute Gasteiger partial charge is 0.230 e. The summed E-state index contributed by atoms with van der Waals surface area (Å²) in [5.74, 6) is 1.37. The van der Waals surface area contributed by atoms with E-state index in [4.69, 9.17) is 9.47 Å². The van der Waals surface area contributed by atoms with Crippen molar-refractivity contribution in [2.45, 2.75) is 19.4 Å². The van der Waals surface area contributed by atoms with E-state index >= 15 is 0 Å². The Hall–Kier alpha value is -2.04. The van der Waals surface area contributed by atoms with Crippen LogP contribution in [-0.4, -0.2) is 36.3 Å². The summed E-state index contributed by atoms with van der Waals surface area (Å²) in [6, 6.07) is 5.68. The van der Waals surface area contributed by atoms with Gasteiger partial charge in [0.2, 0.25) is 5.91 Å². The van der Waals surface area contributed by atoms with E-state index in [9.17, 15) is 9.59 Å². The standard InChI is InChI=1S/C14H15NO4/c16-11-4-5-15(13(17)8-11)9-10-2-1-3-12-14(10)19-7-6-18-12/h1-3H,4-9H2. The lowest BCUT2D eigenvalue weighted by Gasteiger charge is -2.28. The number of piperidine rings is 1. The Labute approximate surface area is 111 Å². The van der Waals surface area contributed by atoms with Gasteiger partial charge in [0, 0.05) is 25.1 Å². The van der Waals surface area contributed by atoms with E-state index in [1.165, 1.54) is 0 Å². The molecule has 0 unspecified atom stereocenters. The first-order valence-corrected chi connectivity index (χ1v) is 6.41. The van der Waals surface area contributed by atoms with Crippen LogP contribution in [0.15, 0.2) is 18.2 Å². The fourth-order valence-electron chi connectivity index (χ4n) is 2.38. The Bertz CT molecular complexity index is 526. The van der Waals surface area contributed by atoms with Crippen molar-refractivity contribution in [2.24, 2.45) is 0 Å². The first kappa shape index (κ1) is 12.0. The Kier molecular flexibility index (Phi) is 3.11. The van der Waals surface area contributed by atoms with Crippen LogP contribution in [0, 0.1) is 0 Å². The molecule has 0 atom stereocenters. The van der Waals surface area contributed by atoms with E-state index in [1.54, 1.807) is 4.90 Å². The minimum atomic E-state index is -0.106. The second kappa shape index (κ2) is 4.91. The highest BCUT2D eigenvalue weighted by Gasteiger charge is 2.25. The number of benzene rings is 1. The molecule has 3 rings (SSSR count). The minimum Gasteiger partial charge on any atom is -0.486 e. The lowest BCUT2D eigenvalue weighted by atomic mass is 10.1. The molecule has 5 heteroatoms. The predicted octanol–water partition coefficient (Wildman–Crippen LogP) is 1.15. The molecule has 1 aromatic carbocycles. The van der Waals surface area contributed by atoms with E-state index in [1.807, 2.05) is 18.2 Å². The van der Waals surface area contributed by atoms with Crippen molar-refractivity contribution >= 4 is 11.7 Å². The molecule has 0 bridgehead atoms. The van der Waals surface area contributed by atoms with Crippen molar-refractivity contribution in [3.05, 3.63) is 23.8 Å². The van der Waals surface area contributed by atoms with E-state index in [-0.39, 0.29) is 18.1 Å². The molecular formula is C14H15NO4. The summed E-state index contributed by atoms with van der Waals surface area (Å²) < 4.78 is 11.1. The van der Waals surface area contributed by atoms with Gasteiger partial charge >= 0.3 is 0 Å². The molecule has 100 valence electrons. The minimum absolute atomic E-state index is 0.0202. The van der Waals surface area contributed by atoms with E-state index in [0.29, 0.717) is 32.7 Å². The van der Waals surface area contributed by atoms with Crippen LogP contribution in [0.3, 0.4) is 0 Å². The van der Waals surface area contributed by atoms with E-state index in [0.717, 1.165) is 17.1 Å². The number of para-hydroxylation sites is 1. The fraction of sp³-hybridized carbons (Fsp3) is 0.429. The summed E-state index contributed by atoms with van der Waals surface area (Å²) in [6.45, 7) is 2.03. The molecule has 0 saturated carbocycles. The summed E-state index contributed by atoms with van der Waals surface area (Å²) in [5.41, 5.74) is 0.930. The molecule has 0 spiro atoms. The SMILES string of the molecule is O=C1CCN(Cc2cccc3c2OCCO3)C(=O)C1. The molecule has 1 aromatic rings. The Morgan fingerprint density at radius 1 is 1.16 bits per heavy atom. The van der Waals surface area contributed by atoms with Crippen molar-refractivity contribution in [3.8, 4) is 11.5 Å². The van der Waals surface area contributed by atoms with Crippen LogP contribution in [0.1, 0.15) is 18.4 Å². The van der Waals surface area contributed by atoms with Crippen LogP contribution < -0.4 is 9.47 Å². The first-order chi connectivity index (χ1) is 9.24. The monoisotopic (exact) mass is 261 g/mol. The van der Waals surface area contributed by atoms with Gasteiger partial charge in [-0.2, -0.15) is 0 Å². The fourth-order valence-corrected chi connectivity index (χ4v) is 2.38. The zero-order valence-corrected chi connectivity index (χ0v) is 10.6. The number of hydrogen-bond donors (Lipinski definition) is 0. The molecule has 0 aliphatic carbocycles. The molecule has 1 fully saturated rings. The maximum Gasteiger partial charge on any atom is 0.230 e. The van der Waals surface area contributed by atoms with Gasteiger partial charge in [0.25, 0.3) is 0 Å². The lowest BCUT2D eigenvalue weighted by molar-refractivity contribution is -0.139. The van der Waals surface area contributed by atoms with Gasteiger partial charge in [-0.25, -0.2) is 0 Å². The number of ketones is 1. The number of ether oxygens (including phenoxy) is 2. The highest BCUT2D eigenvalue weighted by molar-refractivity contribution is 6.00. The summed E-state index contributed by atoms with van der Waals surface area (Å²) in [7, 11) is 0. The maximum absolute atomic E-state index is 11.8. The molecule has 1 amide bonds. The normalized spacial score (nSPS) is 18.6. The number of Topliss-reactive ketones (excluding diaryl/α,β-unsaturated/α-hetero) is 1. The van der Waals surface area contributed by atoms with Gasteiger partial charge in [-0.05, 0) is 6.07 Å². The molecule has 2 aliphatic rings.